The third-order valence-corrected chi connectivity index (χ3v) is 3.95. The molecule has 10 heteroatoms. The molecule has 1 aliphatic heterocycles. The largest absolute Gasteiger partial charge is 1.00 e. The molecule has 1 fully saturated rings. The molecular formula is C20H26N2Na2O6. The van der Waals surface area contributed by atoms with Gasteiger partial charge in [-0.15, -0.1) is 0 Å². The average Bonchev–Trinajstić information content (AvgIpc) is 3.37. The van der Waals surface area contributed by atoms with Crippen molar-refractivity contribution in [2.75, 3.05) is 6.54 Å². The number of carbonyl (C=O) groups is 2. The van der Waals surface area contributed by atoms with Crippen molar-refractivity contribution >= 4 is 17.9 Å². The number of rotatable bonds is 3. The smallest absolute Gasteiger partial charge is 0.652 e. The molecule has 1 saturated carbocycles. The molecule has 3 rings (SSSR count). The van der Waals surface area contributed by atoms with Crippen molar-refractivity contribution in [3.05, 3.63) is 30.0 Å². The number of hydrogen-bond acceptors (Lipinski definition) is 7. The average molecular weight is 436 g/mol. The Labute approximate surface area is 221 Å². The number of allylic oxidation sites excluding steroid dienone is 1. The number of carboxylic acid groups (broad SMARTS) is 2. The zero-order valence-electron chi connectivity index (χ0n) is 18.6. The molecule has 1 aromatic heterocycles. The number of pyridine rings is 1. The van der Waals surface area contributed by atoms with Gasteiger partial charge in [-0.2, -0.15) is 0 Å². The van der Waals surface area contributed by atoms with Crippen molar-refractivity contribution in [1.29, 1.82) is 0 Å². The summed E-state index contributed by atoms with van der Waals surface area (Å²) in [6.45, 7) is 8.45. The number of ether oxygens (including phenoxy) is 2. The zero-order chi connectivity index (χ0) is 20.9. The minimum atomic E-state index is -2.33. The molecule has 0 spiro atoms. The van der Waals surface area contributed by atoms with Crippen LogP contribution in [-0.4, -0.2) is 40.4 Å². The van der Waals surface area contributed by atoms with Crippen LogP contribution in [0.15, 0.2) is 24.4 Å². The summed E-state index contributed by atoms with van der Waals surface area (Å²) in [7, 11) is 0. The monoisotopic (exact) mass is 436 g/mol. The Morgan fingerprint density at radius 2 is 1.80 bits per heavy atom. The van der Waals surface area contributed by atoms with E-state index in [-0.39, 0.29) is 65.2 Å². The third-order valence-electron chi connectivity index (χ3n) is 3.95. The molecule has 0 unspecified atom stereocenters. The molecule has 2 heterocycles. The van der Waals surface area contributed by atoms with Gasteiger partial charge in [-0.3, -0.25) is 4.90 Å². The Bertz CT molecular complexity index is 743. The van der Waals surface area contributed by atoms with Crippen LogP contribution in [0.4, 0.5) is 9.59 Å². The summed E-state index contributed by atoms with van der Waals surface area (Å²) in [4.78, 5) is 27.0. The Kier molecular flexibility index (Phi) is 12.6. The first-order valence-electron chi connectivity index (χ1n) is 9.27. The van der Waals surface area contributed by atoms with Crippen LogP contribution < -0.4 is 74.1 Å². The number of aromatic nitrogens is 1. The molecule has 0 radical (unpaired) electrons. The standard InChI is InChI=1S/C19H26N2O3.CH2O3.2Na/c1-13-5-8-16(21(12-13)18(22)24-19(2,3)4)14-9-10-20-17(11-14)23-15-6-7-15;2-1(3)4;;/h8-11,13,15H,5-7,12H2,1-4H3;(H2,2,3,4);;/q;;2*+1/p-2/t13-;;;/m0.../s1. The summed E-state index contributed by atoms with van der Waals surface area (Å²) in [5.41, 5.74) is 1.31. The van der Waals surface area contributed by atoms with Gasteiger partial charge in [0, 0.05) is 24.4 Å². The summed E-state index contributed by atoms with van der Waals surface area (Å²) < 4.78 is 11.4. The van der Waals surface area contributed by atoms with Crippen molar-refractivity contribution in [2.45, 2.75) is 58.7 Å². The van der Waals surface area contributed by atoms with Crippen molar-refractivity contribution < 1.29 is 88.4 Å². The van der Waals surface area contributed by atoms with Crippen molar-refractivity contribution in [2.24, 2.45) is 5.92 Å². The normalized spacial score (nSPS) is 17.8. The summed E-state index contributed by atoms with van der Waals surface area (Å²) in [5.74, 6) is 1.03. The van der Waals surface area contributed by atoms with E-state index in [1.807, 2.05) is 32.9 Å². The maximum absolute atomic E-state index is 12.6. The van der Waals surface area contributed by atoms with E-state index in [1.54, 1.807) is 11.1 Å². The first-order chi connectivity index (χ1) is 13.0. The van der Waals surface area contributed by atoms with Crippen LogP contribution in [0, 0.1) is 5.92 Å². The second-order valence-electron chi connectivity index (χ2n) is 7.97. The van der Waals surface area contributed by atoms with E-state index in [0.717, 1.165) is 30.5 Å². The van der Waals surface area contributed by atoms with E-state index >= 15 is 0 Å². The maximum Gasteiger partial charge on any atom is 1.00 e. The van der Waals surface area contributed by atoms with E-state index in [1.165, 1.54) is 0 Å². The van der Waals surface area contributed by atoms with Gasteiger partial charge in [0.1, 0.15) is 11.7 Å². The zero-order valence-corrected chi connectivity index (χ0v) is 22.6. The molecule has 0 aromatic carbocycles. The van der Waals surface area contributed by atoms with Crippen LogP contribution in [0.5, 0.6) is 5.88 Å². The second-order valence-corrected chi connectivity index (χ2v) is 7.97. The van der Waals surface area contributed by atoms with Crippen LogP contribution in [0.1, 0.15) is 52.5 Å². The first kappa shape index (κ1) is 29.2. The Morgan fingerprint density at radius 1 is 1.20 bits per heavy atom. The van der Waals surface area contributed by atoms with E-state index in [4.69, 9.17) is 24.5 Å². The molecular weight excluding hydrogens is 410 g/mol. The molecule has 1 aromatic rings. The molecule has 2 aliphatic rings. The SMILES string of the molecule is C[C@H]1CC=C(c2ccnc(OC3CC3)c2)N(C(=O)OC(C)(C)C)C1.O=C([O-])[O-].[Na+].[Na+]. The molecule has 1 atom stereocenters. The van der Waals surface area contributed by atoms with E-state index in [2.05, 4.69) is 18.0 Å². The van der Waals surface area contributed by atoms with Crippen LogP contribution >= 0.6 is 0 Å². The van der Waals surface area contributed by atoms with E-state index in [9.17, 15) is 4.79 Å². The topological polar surface area (TPSA) is 115 Å². The van der Waals surface area contributed by atoms with E-state index in [0.29, 0.717) is 24.4 Å². The van der Waals surface area contributed by atoms with Gasteiger partial charge in [0.05, 0.1) is 5.70 Å². The fraction of sp³-hybridized carbons (Fsp3) is 0.550. The van der Waals surface area contributed by atoms with Gasteiger partial charge in [0.2, 0.25) is 5.88 Å². The number of amides is 1. The summed E-state index contributed by atoms with van der Waals surface area (Å²) in [5, 5.41) is 16.7. The number of nitrogens with zero attached hydrogens (tertiary/aromatic N) is 2. The molecule has 0 N–H and O–H groups in total. The molecule has 1 amide bonds. The first-order valence-corrected chi connectivity index (χ1v) is 9.27. The van der Waals surface area contributed by atoms with Crippen molar-refractivity contribution in [3.8, 4) is 5.88 Å². The fourth-order valence-electron chi connectivity index (χ4n) is 2.66. The molecule has 8 nitrogen and oxygen atoms in total. The third kappa shape index (κ3) is 10.5. The Balaban J connectivity index is 0.00000129. The van der Waals surface area contributed by atoms with Crippen LogP contribution in [0.2, 0.25) is 0 Å². The van der Waals surface area contributed by atoms with Gasteiger partial charge in [-0.05, 0) is 58.2 Å². The fourth-order valence-corrected chi connectivity index (χ4v) is 2.66. The molecule has 0 saturated heterocycles. The number of hydrogen-bond donors (Lipinski definition) is 0. The Morgan fingerprint density at radius 3 is 2.33 bits per heavy atom. The second kappa shape index (κ2) is 12.9. The van der Waals surface area contributed by atoms with Gasteiger partial charge in [-0.1, -0.05) is 13.0 Å². The summed E-state index contributed by atoms with van der Waals surface area (Å²) >= 11 is 0. The molecule has 154 valence electrons. The minimum absolute atomic E-state index is 0. The minimum Gasteiger partial charge on any atom is -0.652 e. The van der Waals surface area contributed by atoms with Gasteiger partial charge in [-0.25, -0.2) is 9.78 Å². The summed E-state index contributed by atoms with van der Waals surface area (Å²) in [6.07, 6.45) is 4.63. The van der Waals surface area contributed by atoms with Crippen molar-refractivity contribution in [1.82, 2.24) is 9.88 Å². The number of carbonyl (C=O) groups excluding carboxylic acids is 2. The van der Waals surface area contributed by atoms with Gasteiger partial charge < -0.3 is 24.5 Å². The molecule has 30 heavy (non-hydrogen) atoms. The van der Waals surface area contributed by atoms with Gasteiger partial charge in [0.25, 0.3) is 0 Å². The predicted octanol–water partition coefficient (Wildman–Crippen LogP) is -4.20. The van der Waals surface area contributed by atoms with Crippen LogP contribution in [0.25, 0.3) is 5.70 Å². The van der Waals surface area contributed by atoms with Crippen LogP contribution in [0.3, 0.4) is 0 Å². The van der Waals surface area contributed by atoms with Crippen LogP contribution in [-0.2, 0) is 4.74 Å². The van der Waals surface area contributed by atoms with Gasteiger partial charge >= 0.3 is 65.2 Å². The van der Waals surface area contributed by atoms with E-state index < -0.39 is 11.8 Å². The predicted molar refractivity (Wildman–Crippen MR) is 98.0 cm³/mol. The van der Waals surface area contributed by atoms with Gasteiger partial charge in [0.15, 0.2) is 0 Å². The summed E-state index contributed by atoms with van der Waals surface area (Å²) in [6, 6.07) is 3.83. The Hall–Kier alpha value is -0.770. The maximum atomic E-state index is 12.6. The quantitative estimate of drug-likeness (QED) is 0.442. The molecule has 1 aliphatic carbocycles. The van der Waals surface area contributed by atoms with Crippen molar-refractivity contribution in [3.63, 3.8) is 0 Å². The molecule has 0 bridgehead atoms.